The summed E-state index contributed by atoms with van der Waals surface area (Å²) in [6.45, 7) is 26.8. The molecule has 5 aromatic carbocycles. The van der Waals surface area contributed by atoms with Crippen molar-refractivity contribution < 1.29 is 49.6 Å². The molecule has 18 nitrogen and oxygen atoms in total. The number of amides is 2. The second-order valence-corrected chi connectivity index (χ2v) is 38.1. The van der Waals surface area contributed by atoms with Crippen LogP contribution in [0.2, 0.25) is 0 Å². The summed E-state index contributed by atoms with van der Waals surface area (Å²) < 4.78 is 76.3. The highest BCUT2D eigenvalue weighted by atomic mass is 32.2. The van der Waals surface area contributed by atoms with Gasteiger partial charge in [0.15, 0.2) is 11.5 Å². The molecule has 616 valence electrons. The number of anilines is 1. The fraction of sp³-hybridized carbons (Fsp3) is 0.417. The second kappa shape index (κ2) is 35.3. The highest BCUT2D eigenvalue weighted by Gasteiger charge is 2.47. The van der Waals surface area contributed by atoms with Crippen LogP contribution in [0.5, 0.6) is 0 Å². The summed E-state index contributed by atoms with van der Waals surface area (Å²) in [4.78, 5) is 58.2. The maximum Gasteiger partial charge on any atom is 0.264 e. The van der Waals surface area contributed by atoms with Crippen molar-refractivity contribution in [2.24, 2.45) is 11.8 Å². The van der Waals surface area contributed by atoms with E-state index in [4.69, 9.17) is 4.74 Å². The number of rotatable bonds is 32. The number of Topliss-reactive ketones (excluding diaryl/α,β-unsaturated/α-hetero) is 1. The molecule has 7 heterocycles. The molecule has 21 heteroatoms. The second-order valence-electron chi connectivity index (χ2n) is 33.8. The van der Waals surface area contributed by atoms with Crippen LogP contribution in [0.3, 0.4) is 0 Å². The third-order valence-electron chi connectivity index (χ3n) is 25.2. The summed E-state index contributed by atoms with van der Waals surface area (Å²) in [7, 11) is -8.29. The lowest BCUT2D eigenvalue weighted by Crippen LogP contribution is -2.28. The van der Waals surface area contributed by atoms with Gasteiger partial charge in [-0.05, 0) is 227 Å². The van der Waals surface area contributed by atoms with Crippen LogP contribution in [0, 0.1) is 32.6 Å². The van der Waals surface area contributed by atoms with Crippen LogP contribution < -0.4 is 31.5 Å². The van der Waals surface area contributed by atoms with Gasteiger partial charge in [0.2, 0.25) is 11.6 Å². The van der Waals surface area contributed by atoms with Crippen molar-refractivity contribution in [3.8, 4) is 0 Å². The van der Waals surface area contributed by atoms with Gasteiger partial charge < -0.3 is 40.5 Å². The Bertz CT molecular complexity index is 5860. The van der Waals surface area contributed by atoms with Crippen LogP contribution in [-0.2, 0) is 47.0 Å². The molecule has 2 amide bonds. The zero-order valence-electron chi connectivity index (χ0n) is 69.8. The number of hydrogen-bond donors (Lipinski definition) is 8. The maximum absolute atomic E-state index is 14.3. The Kier molecular flexibility index (Phi) is 25.4. The first kappa shape index (κ1) is 84.1. The van der Waals surface area contributed by atoms with Crippen molar-refractivity contribution in [3.05, 3.63) is 238 Å². The monoisotopic (exact) mass is 1640 g/mol. The molecule has 8 bridgehead atoms. The van der Waals surface area contributed by atoms with Crippen LogP contribution in [0.1, 0.15) is 247 Å². The van der Waals surface area contributed by atoms with Gasteiger partial charge >= 0.3 is 0 Å². The molecular weight excluding hydrogens is 1520 g/mol. The fourth-order valence-corrected chi connectivity index (χ4v) is 21.4. The number of ether oxygens (including phenoxy) is 1. The Labute approximate surface area is 694 Å². The summed E-state index contributed by atoms with van der Waals surface area (Å²) in [5, 5.41) is 16.9. The summed E-state index contributed by atoms with van der Waals surface area (Å²) in [6.07, 6.45) is 27.3. The first-order valence-corrected chi connectivity index (χ1v) is 46.3. The van der Waals surface area contributed by atoms with Gasteiger partial charge in [0.1, 0.15) is 6.54 Å². The van der Waals surface area contributed by atoms with E-state index in [0.29, 0.717) is 83.3 Å². The van der Waals surface area contributed by atoms with E-state index in [1.807, 2.05) is 31.2 Å². The number of ketones is 1. The van der Waals surface area contributed by atoms with Gasteiger partial charge in [-0.25, -0.2) is 0 Å². The van der Waals surface area contributed by atoms with Gasteiger partial charge in [-0.3, -0.25) is 23.5 Å². The molecule has 8 aromatic rings. The quantitative estimate of drug-likeness (QED) is 0.0111. The predicted molar refractivity (Wildman–Crippen MR) is 475 cm³/mol. The number of aromatic nitrogens is 3. The standard InChI is InChI=1S/C96H114N8O10S3/c1-12-14-15-24-51-114-63(7)87-61(5)77-56-76-60(4)71(91(101-76)74-55-83(105)88-62(6)78(102-92(74)88)57-79-70(13-2)59(3)75(99-79)58-80(87)100-77)41-46-86(106)97-47-20-21-48-98-94(107)68-33-28-34-69(54-68)115-93-66(39-44-84-95(8,9)89-72-35-18-16-29-64(72)37-42-81(89)103(84)49-22-25-52-116(108,109)110)31-27-32-67(93)40-45-85-96(10,11)90-73-36-19-17-30-65(73)38-43-82(90)104(85)50-23-26-53-117(111,112)113/h16-19,28-30,33-40,42-45,54,56-58,60,63,71,99-100H,12-15,20-27,31-32,41,46-53,55H2,1-11H3,(H5-,97,98,101,102,105,106,107,108,109,110,111,112,113)/p+1/t60-,63?,71-/m0/s1. The van der Waals surface area contributed by atoms with E-state index in [9.17, 15) is 40.3 Å². The van der Waals surface area contributed by atoms with Gasteiger partial charge in [-0.15, -0.1) is 0 Å². The number of nitrogens with zero attached hydrogens (tertiary/aromatic N) is 2. The third-order valence-corrected chi connectivity index (χ3v) is 28.1. The summed E-state index contributed by atoms with van der Waals surface area (Å²) in [5.74, 6) is -0.901. The lowest BCUT2D eigenvalue weighted by molar-refractivity contribution is -0.438. The minimum atomic E-state index is -4.14. The zero-order chi connectivity index (χ0) is 82.8. The molecule has 8 N–H and O–H groups in total. The number of thioether (sulfide) groups is 1. The molecule has 1 unspecified atom stereocenters. The smallest absolute Gasteiger partial charge is 0.264 e. The minimum absolute atomic E-state index is 0.0141. The van der Waals surface area contributed by atoms with E-state index < -0.39 is 31.1 Å². The minimum Gasteiger partial charge on any atom is -0.374 e. The first-order chi connectivity index (χ1) is 56.0. The molecule has 2 aliphatic carbocycles. The van der Waals surface area contributed by atoms with E-state index in [0.717, 1.165) is 183 Å². The number of hydrogen-bond acceptors (Lipinski definition) is 11. The zero-order valence-corrected chi connectivity index (χ0v) is 72.2. The third kappa shape index (κ3) is 17.9. The number of benzene rings is 5. The summed E-state index contributed by atoms with van der Waals surface area (Å²) >= 11 is 1.64. The number of allylic oxidation sites excluding steroid dienone is 10. The number of nitrogens with one attached hydrogen (secondary N) is 6. The highest BCUT2D eigenvalue weighted by molar-refractivity contribution is 8.03. The van der Waals surface area contributed by atoms with E-state index in [-0.39, 0.29) is 59.9 Å². The number of aromatic amines is 3. The Morgan fingerprint density at radius 2 is 1.42 bits per heavy atom. The molecule has 3 aromatic heterocycles. The van der Waals surface area contributed by atoms with Crippen molar-refractivity contribution in [3.63, 3.8) is 0 Å². The van der Waals surface area contributed by atoms with Crippen molar-refractivity contribution >= 4 is 112 Å². The van der Waals surface area contributed by atoms with Crippen LogP contribution in [0.15, 0.2) is 159 Å². The number of carbonyl (C=O) groups is 3. The SMILES string of the molecule is CCCCCCOC(C)c1c2[nH]c(c1C)C=C1NC(=C3CC(=O)c4c3[nH]c(c4C)C=c3[nH]c(c(C)c3CC)=C2)[C@@H](CCC(=O)NCCCCNC(=O)c2cccc(SC3=C(/C=C/C4=[N+](CCCCS(=O)(=O)O)c5ccc6ccccc6c5C4(C)C)CCC/C3=C\C=C3\N(CCCCS(=O)(=O)O)c4ccc5ccccc5c4C3(C)C)c2)[C@@H]1C. The topological polar surface area (TPSA) is 259 Å². The van der Waals surface area contributed by atoms with Gasteiger partial charge in [0.05, 0.1) is 28.7 Å². The Balaban J connectivity index is 0.693. The summed E-state index contributed by atoms with van der Waals surface area (Å²) in [5.41, 5.74) is 21.5. The molecule has 117 heavy (non-hydrogen) atoms. The molecule has 1 saturated heterocycles. The molecular formula is C96H115N8O10S3+. The number of unbranched alkanes of at least 4 members (excludes halogenated alkanes) is 6. The van der Waals surface area contributed by atoms with Crippen LogP contribution in [0.25, 0.3) is 45.3 Å². The van der Waals surface area contributed by atoms with Crippen molar-refractivity contribution in [1.29, 1.82) is 0 Å². The molecule has 4 aliphatic heterocycles. The Morgan fingerprint density at radius 1 is 0.718 bits per heavy atom. The lowest BCUT2D eigenvalue weighted by Gasteiger charge is -2.28. The Morgan fingerprint density at radius 3 is 2.15 bits per heavy atom. The largest absolute Gasteiger partial charge is 0.374 e. The Hall–Kier alpha value is -9.35. The fourth-order valence-electron chi connectivity index (χ4n) is 19.1. The predicted octanol–water partition coefficient (Wildman–Crippen LogP) is 18.5. The van der Waals surface area contributed by atoms with Gasteiger partial charge in [-0.1, -0.05) is 138 Å². The van der Waals surface area contributed by atoms with E-state index in [1.165, 1.54) is 28.7 Å². The summed E-state index contributed by atoms with van der Waals surface area (Å²) in [6, 6.07) is 33.2. The van der Waals surface area contributed by atoms with Gasteiger partial charge in [0, 0.05) is 163 Å². The average molecular weight is 1640 g/mol. The number of H-pyrrole nitrogens is 3. The normalized spacial score (nSPS) is 18.5. The average Bonchev–Trinajstić information content (AvgIpc) is 1.58. The lowest BCUT2D eigenvalue weighted by atomic mass is 9.78. The molecule has 6 aliphatic rings. The van der Waals surface area contributed by atoms with E-state index in [1.54, 1.807) is 11.8 Å². The molecule has 14 rings (SSSR count). The number of fused-ring (bicyclic) bond motifs is 13. The van der Waals surface area contributed by atoms with Crippen LogP contribution in [-0.4, -0.2) is 113 Å². The maximum atomic E-state index is 14.3. The van der Waals surface area contributed by atoms with Crippen molar-refractivity contribution in [2.45, 2.75) is 207 Å². The molecule has 3 atom stereocenters. The molecule has 1 fully saturated rings. The number of carbonyl (C=O) groups excluding carboxylic acids is 3. The van der Waals surface area contributed by atoms with Crippen LogP contribution in [0.4, 0.5) is 11.4 Å². The van der Waals surface area contributed by atoms with Gasteiger partial charge in [-0.2, -0.15) is 21.4 Å². The van der Waals surface area contributed by atoms with Crippen LogP contribution >= 0.6 is 11.8 Å². The highest BCUT2D eigenvalue weighted by Crippen LogP contribution is 2.53. The van der Waals surface area contributed by atoms with Gasteiger partial charge in [0.25, 0.3) is 26.1 Å². The molecule has 0 radical (unpaired) electrons. The van der Waals surface area contributed by atoms with E-state index in [2.05, 4.69) is 225 Å². The van der Waals surface area contributed by atoms with Crippen molar-refractivity contribution in [2.75, 3.05) is 49.2 Å². The molecule has 0 spiro atoms. The molecule has 0 saturated carbocycles. The van der Waals surface area contributed by atoms with E-state index >= 15 is 0 Å². The van der Waals surface area contributed by atoms with Crippen molar-refractivity contribution in [1.82, 2.24) is 30.9 Å². The first-order valence-electron chi connectivity index (χ1n) is 42.3.